The molecule has 0 aromatic carbocycles. The van der Waals surface area contributed by atoms with Gasteiger partial charge < -0.3 is 5.11 Å². The van der Waals surface area contributed by atoms with Gasteiger partial charge in [-0.2, -0.15) is 0 Å². The molecule has 0 bridgehead atoms. The minimum absolute atomic E-state index is 0.237. The molecule has 0 aromatic rings. The molecule has 1 heteroatoms. The molecule has 0 aliphatic heterocycles. The highest BCUT2D eigenvalue weighted by Gasteiger charge is 1.90. The summed E-state index contributed by atoms with van der Waals surface area (Å²) in [7, 11) is 0. The molecule has 0 radical (unpaired) electrons. The first-order valence-corrected chi connectivity index (χ1v) is 3.45. The Morgan fingerprint density at radius 2 is 2.30 bits per heavy atom. The first-order valence-electron chi connectivity index (χ1n) is 3.45. The van der Waals surface area contributed by atoms with Crippen molar-refractivity contribution in [2.75, 3.05) is 0 Å². The Bertz CT molecular complexity index is 157. The molecule has 0 saturated heterocycles. The fourth-order valence-corrected chi connectivity index (χ4v) is 0.494. The van der Waals surface area contributed by atoms with Crippen LogP contribution in [0.1, 0.15) is 26.7 Å². The van der Waals surface area contributed by atoms with Crippen molar-refractivity contribution in [3.05, 3.63) is 12.2 Å². The molecule has 56 valence electrons. The van der Waals surface area contributed by atoms with Gasteiger partial charge in [0.25, 0.3) is 0 Å². The number of hydrogen-bond acceptors (Lipinski definition) is 1. The van der Waals surface area contributed by atoms with Gasteiger partial charge in [-0.25, -0.2) is 0 Å². The summed E-state index contributed by atoms with van der Waals surface area (Å²) >= 11 is 0. The van der Waals surface area contributed by atoms with E-state index in [0.717, 1.165) is 18.4 Å². The highest BCUT2D eigenvalue weighted by Crippen LogP contribution is 1.93. The SMILES string of the molecule is C=C(C)C#CCCC(C)O. The standard InChI is InChI=1S/C9H14O/c1-8(2)6-4-5-7-9(3)10/h9-10H,1,5,7H2,2-3H3. The van der Waals surface area contributed by atoms with E-state index in [9.17, 15) is 0 Å². The molecule has 10 heavy (non-hydrogen) atoms. The summed E-state index contributed by atoms with van der Waals surface area (Å²) in [5, 5.41) is 8.83. The van der Waals surface area contributed by atoms with E-state index >= 15 is 0 Å². The third-order valence-corrected chi connectivity index (χ3v) is 0.989. The van der Waals surface area contributed by atoms with Gasteiger partial charge in [0.05, 0.1) is 6.10 Å². The Labute approximate surface area is 62.8 Å². The molecule has 1 N–H and O–H groups in total. The lowest BCUT2D eigenvalue weighted by Crippen LogP contribution is -1.96. The van der Waals surface area contributed by atoms with Crippen LogP contribution in [0, 0.1) is 11.8 Å². The van der Waals surface area contributed by atoms with Gasteiger partial charge in [-0.3, -0.25) is 0 Å². The van der Waals surface area contributed by atoms with Crippen LogP contribution in [0.2, 0.25) is 0 Å². The van der Waals surface area contributed by atoms with E-state index in [1.807, 2.05) is 6.92 Å². The van der Waals surface area contributed by atoms with E-state index in [4.69, 9.17) is 5.11 Å². The second-order valence-corrected chi connectivity index (χ2v) is 2.47. The summed E-state index contributed by atoms with van der Waals surface area (Å²) < 4.78 is 0. The van der Waals surface area contributed by atoms with Gasteiger partial charge in [-0.1, -0.05) is 18.4 Å². The maximum Gasteiger partial charge on any atom is 0.0521 e. The Kier molecular flexibility index (Phi) is 4.70. The van der Waals surface area contributed by atoms with Gasteiger partial charge in [-0.05, 0) is 25.8 Å². The summed E-state index contributed by atoms with van der Waals surface area (Å²) in [4.78, 5) is 0. The van der Waals surface area contributed by atoms with E-state index in [0.29, 0.717) is 0 Å². The van der Waals surface area contributed by atoms with Crippen LogP contribution in [0.25, 0.3) is 0 Å². The summed E-state index contributed by atoms with van der Waals surface area (Å²) in [6, 6.07) is 0. The highest BCUT2D eigenvalue weighted by molar-refractivity contribution is 5.22. The normalized spacial score (nSPS) is 11.5. The maximum absolute atomic E-state index is 8.83. The lowest BCUT2D eigenvalue weighted by Gasteiger charge is -1.96. The van der Waals surface area contributed by atoms with Crippen molar-refractivity contribution in [2.45, 2.75) is 32.8 Å². The van der Waals surface area contributed by atoms with Gasteiger partial charge in [0.2, 0.25) is 0 Å². The van der Waals surface area contributed by atoms with Crippen molar-refractivity contribution in [1.29, 1.82) is 0 Å². The average Bonchev–Trinajstić information content (AvgIpc) is 1.79. The molecule has 0 spiro atoms. The number of aliphatic hydroxyl groups is 1. The Hall–Kier alpha value is -0.740. The third kappa shape index (κ3) is 7.26. The molecule has 0 fully saturated rings. The number of allylic oxidation sites excluding steroid dienone is 1. The molecule has 0 aliphatic carbocycles. The molecule has 0 aromatic heterocycles. The minimum atomic E-state index is -0.237. The van der Waals surface area contributed by atoms with Crippen LogP contribution in [0.5, 0.6) is 0 Å². The smallest absolute Gasteiger partial charge is 0.0521 e. The molecule has 0 amide bonds. The van der Waals surface area contributed by atoms with Gasteiger partial charge in [-0.15, -0.1) is 0 Å². The summed E-state index contributed by atoms with van der Waals surface area (Å²) in [5.74, 6) is 5.75. The minimum Gasteiger partial charge on any atom is -0.393 e. The van der Waals surface area contributed by atoms with Crippen LogP contribution in [0.3, 0.4) is 0 Å². The predicted molar refractivity (Wildman–Crippen MR) is 43.5 cm³/mol. The summed E-state index contributed by atoms with van der Waals surface area (Å²) in [6.07, 6.45) is 1.27. The molecule has 1 nitrogen and oxygen atoms in total. The monoisotopic (exact) mass is 138 g/mol. The van der Waals surface area contributed by atoms with Crippen molar-refractivity contribution in [2.24, 2.45) is 0 Å². The molecule has 0 rings (SSSR count). The van der Waals surface area contributed by atoms with E-state index in [2.05, 4.69) is 18.4 Å². The average molecular weight is 138 g/mol. The van der Waals surface area contributed by atoms with Crippen LogP contribution >= 0.6 is 0 Å². The number of rotatable bonds is 2. The van der Waals surface area contributed by atoms with Crippen LogP contribution in [-0.4, -0.2) is 11.2 Å². The zero-order valence-corrected chi connectivity index (χ0v) is 6.65. The van der Waals surface area contributed by atoms with Crippen molar-refractivity contribution >= 4 is 0 Å². The van der Waals surface area contributed by atoms with E-state index < -0.39 is 0 Å². The second-order valence-electron chi connectivity index (χ2n) is 2.47. The van der Waals surface area contributed by atoms with Crippen LogP contribution in [0.15, 0.2) is 12.2 Å². The van der Waals surface area contributed by atoms with E-state index in [1.54, 1.807) is 6.92 Å². The van der Waals surface area contributed by atoms with Crippen LogP contribution < -0.4 is 0 Å². The number of aliphatic hydroxyl groups excluding tert-OH is 1. The van der Waals surface area contributed by atoms with Gasteiger partial charge in [0, 0.05) is 6.42 Å². The Balaban J connectivity index is 3.38. The number of hydrogen-bond donors (Lipinski definition) is 1. The Morgan fingerprint density at radius 3 is 2.70 bits per heavy atom. The molecular formula is C9H14O. The second kappa shape index (κ2) is 5.08. The summed E-state index contributed by atoms with van der Waals surface area (Å²) in [5.41, 5.74) is 0.880. The zero-order chi connectivity index (χ0) is 7.98. The Morgan fingerprint density at radius 1 is 1.70 bits per heavy atom. The molecule has 0 aliphatic rings. The lowest BCUT2D eigenvalue weighted by atomic mass is 10.2. The van der Waals surface area contributed by atoms with Gasteiger partial charge in [0.15, 0.2) is 0 Å². The highest BCUT2D eigenvalue weighted by atomic mass is 16.3. The van der Waals surface area contributed by atoms with Crippen LogP contribution in [-0.2, 0) is 0 Å². The topological polar surface area (TPSA) is 20.2 Å². The lowest BCUT2D eigenvalue weighted by molar-refractivity contribution is 0.186. The summed E-state index contributed by atoms with van der Waals surface area (Å²) in [6.45, 7) is 7.27. The predicted octanol–water partition coefficient (Wildman–Crippen LogP) is 1.73. The zero-order valence-electron chi connectivity index (χ0n) is 6.65. The first-order chi connectivity index (χ1) is 4.63. The fourth-order valence-electron chi connectivity index (χ4n) is 0.494. The quantitative estimate of drug-likeness (QED) is 0.576. The van der Waals surface area contributed by atoms with E-state index in [-0.39, 0.29) is 6.10 Å². The fraction of sp³-hybridized carbons (Fsp3) is 0.556. The molecule has 0 heterocycles. The molecule has 0 saturated carbocycles. The molecule has 1 unspecified atom stereocenters. The van der Waals surface area contributed by atoms with Crippen molar-refractivity contribution in [3.8, 4) is 11.8 Å². The maximum atomic E-state index is 8.83. The van der Waals surface area contributed by atoms with Crippen LogP contribution in [0.4, 0.5) is 0 Å². The molecular weight excluding hydrogens is 124 g/mol. The van der Waals surface area contributed by atoms with Crippen molar-refractivity contribution in [1.82, 2.24) is 0 Å². The first kappa shape index (κ1) is 9.26. The van der Waals surface area contributed by atoms with Gasteiger partial charge in [0.1, 0.15) is 0 Å². The van der Waals surface area contributed by atoms with E-state index in [1.165, 1.54) is 0 Å². The third-order valence-electron chi connectivity index (χ3n) is 0.989. The van der Waals surface area contributed by atoms with Gasteiger partial charge >= 0.3 is 0 Å². The van der Waals surface area contributed by atoms with Crippen molar-refractivity contribution in [3.63, 3.8) is 0 Å². The largest absolute Gasteiger partial charge is 0.393 e. The molecule has 1 atom stereocenters. The van der Waals surface area contributed by atoms with Crippen molar-refractivity contribution < 1.29 is 5.11 Å².